The molecule has 610 valence electrons. The number of carbonyl (C=O) groups excluding carboxylic acids is 5. The van der Waals surface area contributed by atoms with Crippen LogP contribution in [0.2, 0.25) is 0 Å². The summed E-state index contributed by atoms with van der Waals surface area (Å²) in [6.45, 7) is 17.1. The van der Waals surface area contributed by atoms with E-state index in [1.54, 1.807) is 130 Å². The molecule has 0 saturated carbocycles. The smallest absolute Gasteiger partial charge is 0.442 e. The normalized spacial score (nSPS) is 28.2. The van der Waals surface area contributed by atoms with Crippen molar-refractivity contribution in [1.29, 1.82) is 26.3 Å². The van der Waals surface area contributed by atoms with Crippen LogP contribution in [0.5, 0.6) is 28.7 Å². The summed E-state index contributed by atoms with van der Waals surface area (Å²) < 4.78 is 124. The molecule has 0 radical (unpaired) electrons. The van der Waals surface area contributed by atoms with Gasteiger partial charge in [0.1, 0.15) is 87.3 Å². The molecule has 0 spiro atoms. The Morgan fingerprint density at radius 2 is 0.500 bits per heavy atom. The van der Waals surface area contributed by atoms with Crippen molar-refractivity contribution in [3.05, 3.63) is 147 Å². The summed E-state index contributed by atoms with van der Waals surface area (Å²) in [4.78, 5) is 111. The summed E-state index contributed by atoms with van der Waals surface area (Å²) in [6, 6.07) is 28.1. The molecule has 36 heteroatoms. The second kappa shape index (κ2) is 30.5. The van der Waals surface area contributed by atoms with E-state index in [0.717, 1.165) is 0 Å². The molecule has 13 unspecified atom stereocenters. The second-order valence-corrected chi connectivity index (χ2v) is 44.1. The second-order valence-electron chi connectivity index (χ2n) is 33.1. The number of amides is 5. The van der Waals surface area contributed by atoms with Gasteiger partial charge in [0.05, 0.1) is 88.4 Å². The highest BCUT2D eigenvalue weighted by Crippen LogP contribution is 2.85. The lowest BCUT2D eigenvalue weighted by atomic mass is 9.85. The van der Waals surface area contributed by atoms with Crippen LogP contribution >= 0.6 is 29.1 Å². The van der Waals surface area contributed by atoms with Gasteiger partial charge in [0, 0.05) is 92.6 Å². The SMILES string of the molecule is CC1(C)Oc2ccc(C#N)cc2C(N2CCCC2=O)C1OP(=O)(O)P(=O)(O)OC1C(N2CCCC2=O)c2cc(C#N)ccc2OC1(C)C.CC1(C)Oc2ccc(C#N)cc2C(N2CCCC2=O)C1OP(=O)(O)P(=O)(OC1C(N2CCCC2=O)c2cc(C#N)ccc2OC1(C)C)OC1C(N2CCCC2=O)c2cc(C#N)ccc2OC1(C)C. The van der Waals surface area contributed by atoms with Crippen molar-refractivity contribution in [3.63, 3.8) is 0 Å². The Labute approximate surface area is 670 Å². The Morgan fingerprint density at radius 1 is 0.319 bits per heavy atom. The van der Waals surface area contributed by atoms with Gasteiger partial charge in [0.15, 0.2) is 0 Å². The topological polar surface area (TPSA) is 442 Å². The van der Waals surface area contributed by atoms with Gasteiger partial charge in [0.25, 0.3) is 0 Å². The fourth-order valence-corrected chi connectivity index (χ4v) is 24.8. The third-order valence-electron chi connectivity index (χ3n) is 23.1. The number of nitrogens with zero attached hydrogens (tertiary/aromatic N) is 10. The Bertz CT molecular complexity index is 5100. The van der Waals surface area contributed by atoms with E-state index in [2.05, 4.69) is 18.2 Å². The molecule has 10 aliphatic heterocycles. The molecule has 0 aliphatic carbocycles. The van der Waals surface area contributed by atoms with E-state index in [9.17, 15) is 74.1 Å². The van der Waals surface area contributed by atoms with E-state index in [4.69, 9.17) is 46.3 Å². The first-order valence-corrected chi connectivity index (χ1v) is 45.9. The molecule has 116 heavy (non-hydrogen) atoms. The molecule has 5 aromatic rings. The Balaban J connectivity index is 0.000000203. The highest BCUT2D eigenvalue weighted by atomic mass is 32.1. The number of hydrogen-bond acceptors (Lipinski definition) is 24. The maximum absolute atomic E-state index is 16.8. The van der Waals surface area contributed by atoms with E-state index in [0.29, 0.717) is 88.7 Å². The van der Waals surface area contributed by atoms with Gasteiger partial charge in [-0.15, -0.1) is 0 Å². The van der Waals surface area contributed by atoms with Crippen molar-refractivity contribution in [2.75, 3.05) is 32.7 Å². The average Bonchev–Trinajstić information content (AvgIpc) is 0.869. The molecule has 15 rings (SSSR count). The van der Waals surface area contributed by atoms with Crippen molar-refractivity contribution in [2.45, 2.75) is 222 Å². The molecule has 13 atom stereocenters. The van der Waals surface area contributed by atoms with Gasteiger partial charge in [0.2, 0.25) is 29.5 Å². The zero-order valence-corrected chi connectivity index (χ0v) is 69.0. The van der Waals surface area contributed by atoms with Crippen molar-refractivity contribution < 1.29 is 103 Å². The van der Waals surface area contributed by atoms with Crippen molar-refractivity contribution in [1.82, 2.24) is 24.5 Å². The van der Waals surface area contributed by atoms with Gasteiger partial charge in [-0.05, 0) is 192 Å². The molecule has 0 bridgehead atoms. The summed E-state index contributed by atoms with van der Waals surface area (Å²) in [7, 11) is -23.2. The number of rotatable bonds is 17. The van der Waals surface area contributed by atoms with Crippen LogP contribution in [-0.2, 0) is 64.9 Å². The van der Waals surface area contributed by atoms with Crippen LogP contribution in [0.4, 0.5) is 0 Å². The molecule has 5 saturated heterocycles. The highest BCUT2D eigenvalue weighted by Gasteiger charge is 2.66. The van der Waals surface area contributed by atoms with Gasteiger partial charge in [-0.2, -0.15) is 26.3 Å². The zero-order chi connectivity index (χ0) is 83.5. The number of carbonyl (C=O) groups is 5. The van der Waals surface area contributed by atoms with Crippen LogP contribution in [0.3, 0.4) is 0 Å². The van der Waals surface area contributed by atoms with E-state index in [1.165, 1.54) is 54.8 Å². The largest absolute Gasteiger partial charge is 0.485 e. The van der Waals surface area contributed by atoms with Gasteiger partial charge in [-0.3, -0.25) is 46.6 Å². The van der Waals surface area contributed by atoms with Gasteiger partial charge in [-0.25, -0.2) is 18.3 Å². The molecule has 32 nitrogen and oxygen atoms in total. The average molecular weight is 1670 g/mol. The van der Waals surface area contributed by atoms with Crippen LogP contribution in [0.1, 0.15) is 219 Å². The monoisotopic (exact) mass is 1660 g/mol. The predicted molar refractivity (Wildman–Crippen MR) is 409 cm³/mol. The number of nitriles is 5. The molecule has 10 heterocycles. The lowest BCUT2D eigenvalue weighted by molar-refractivity contribution is -0.142. The Kier molecular flexibility index (Phi) is 21.8. The molecule has 10 aliphatic rings. The standard InChI is InChI=1S/C48H52N6O12P2.C32H36N4O10P2/c1-46(2)43(40(52-19-7-10-37(52)55)31-22-28(25-49)13-16-34(31)61-46)64-67(58,59)68(60,65-44-41(53-20-8-11-38(53)56)32-23-29(26-50)14-17-35(32)62-47(44,3)4)66-45-42(54-21-9-12-39(54)57)33-24-30(27-51)15-18-36(33)63-48(45,5)6;1-31(2)29(27(35-13-5-7-25(35)37)21-15-19(17-33)9-11-23(21)43-31)45-47(39,40)48(41,42)46-30-28(36-14-6-8-26(36)38)22-16-20(18-34)10-12-24(22)44-32(30,3)4/h13-18,22-24,40-45H,7-12,19-21H2,1-6H3,(H,58,59);9-12,15-16,27-30H,5-8,13-14H2,1-4H3,(H,39,40)(H,41,42). The number of benzene rings is 5. The lowest BCUT2D eigenvalue weighted by Gasteiger charge is -2.51. The van der Waals surface area contributed by atoms with Gasteiger partial charge >= 0.3 is 29.1 Å². The summed E-state index contributed by atoms with van der Waals surface area (Å²) in [5.41, 5.74) is -4.66. The first-order chi connectivity index (χ1) is 54.6. The van der Waals surface area contributed by atoms with E-state index in [1.807, 2.05) is 12.1 Å². The number of hydrogen-bond donors (Lipinski definition) is 3. The van der Waals surface area contributed by atoms with Crippen LogP contribution in [0.25, 0.3) is 0 Å². The third-order valence-corrected chi connectivity index (χ3v) is 32.1. The molecule has 3 N–H and O–H groups in total. The van der Waals surface area contributed by atoms with E-state index < -0.39 is 118 Å². The minimum Gasteiger partial charge on any atom is -0.485 e. The predicted octanol–water partition coefficient (Wildman–Crippen LogP) is 12.5. The van der Waals surface area contributed by atoms with Crippen LogP contribution in [0.15, 0.2) is 91.0 Å². The van der Waals surface area contributed by atoms with E-state index >= 15 is 9.13 Å². The van der Waals surface area contributed by atoms with Crippen molar-refractivity contribution in [3.8, 4) is 59.1 Å². The maximum Gasteiger partial charge on any atom is 0.442 e. The van der Waals surface area contributed by atoms with E-state index in [-0.39, 0.29) is 122 Å². The summed E-state index contributed by atoms with van der Waals surface area (Å²) in [6.07, 6.45) is -4.30. The summed E-state index contributed by atoms with van der Waals surface area (Å²) in [5.74, 6) is 0.164. The first-order valence-electron chi connectivity index (χ1n) is 38.3. The number of likely N-dealkylation sites (tertiary alicyclic amines) is 5. The minimum absolute atomic E-state index is 0.166. The zero-order valence-electron chi connectivity index (χ0n) is 65.4. The lowest BCUT2D eigenvalue weighted by Crippen LogP contribution is -2.56. The Hall–Kier alpha value is -9.50. The first kappa shape index (κ1) is 83.0. The van der Waals surface area contributed by atoms with Crippen LogP contribution < -0.4 is 23.7 Å². The Morgan fingerprint density at radius 3 is 0.672 bits per heavy atom. The number of ether oxygens (including phenoxy) is 5. The molecule has 0 aromatic heterocycles. The quantitative estimate of drug-likeness (QED) is 0.0728. The number of fused-ring (bicyclic) bond motifs is 5. The van der Waals surface area contributed by atoms with Crippen LogP contribution in [-0.4, -0.2) is 160 Å². The molecule has 5 amide bonds. The fourth-order valence-electron chi connectivity index (χ4n) is 17.6. The van der Waals surface area contributed by atoms with Crippen LogP contribution in [0, 0.1) is 56.7 Å². The van der Waals surface area contributed by atoms with Crippen molar-refractivity contribution in [2.24, 2.45) is 0 Å². The molecular weight excluding hydrogens is 1580 g/mol. The highest BCUT2D eigenvalue weighted by molar-refractivity contribution is 8.27. The maximum atomic E-state index is 16.8. The minimum atomic E-state index is -5.98. The van der Waals surface area contributed by atoms with Gasteiger partial charge < -0.3 is 62.9 Å². The fraction of sp³-hybridized carbons (Fsp3) is 0.500. The van der Waals surface area contributed by atoms with Crippen molar-refractivity contribution >= 4 is 58.7 Å². The molecular formula is C80H88N10O22P4. The molecule has 5 fully saturated rings. The van der Waals surface area contributed by atoms with Gasteiger partial charge in [-0.1, -0.05) is 0 Å². The third kappa shape index (κ3) is 15.0. The molecule has 5 aromatic carbocycles. The summed E-state index contributed by atoms with van der Waals surface area (Å²) >= 11 is 0. The summed E-state index contributed by atoms with van der Waals surface area (Å²) in [5, 5.41) is 49.2.